The first-order chi connectivity index (χ1) is 8.87. The maximum atomic E-state index is 10.6. The van der Waals surface area contributed by atoms with Crippen LogP contribution in [0.3, 0.4) is 0 Å². The van der Waals surface area contributed by atoms with Gasteiger partial charge in [0.05, 0.1) is 12.7 Å². The molecule has 0 saturated carbocycles. The van der Waals surface area contributed by atoms with Crippen molar-refractivity contribution in [3.05, 3.63) is 29.7 Å². The minimum absolute atomic E-state index is 0.193. The van der Waals surface area contributed by atoms with Gasteiger partial charge in [0.1, 0.15) is 0 Å². The van der Waals surface area contributed by atoms with E-state index in [2.05, 4.69) is 0 Å². The van der Waals surface area contributed by atoms with Gasteiger partial charge in [-0.3, -0.25) is 4.55 Å². The van der Waals surface area contributed by atoms with E-state index in [1.54, 1.807) is 0 Å². The molecular weight excluding hydrogens is 266 g/mol. The number of aryl methyl sites for hydroxylation is 3. The van der Waals surface area contributed by atoms with Crippen LogP contribution in [0.5, 0.6) is 0 Å². The average molecular weight is 284 g/mol. The second-order valence-corrected chi connectivity index (χ2v) is 6.31. The molecule has 0 aliphatic carbocycles. The van der Waals surface area contributed by atoms with Crippen LogP contribution in [0.1, 0.15) is 24.3 Å². The molecule has 1 heterocycles. The molecule has 5 nitrogen and oxygen atoms in total. The smallest absolute Gasteiger partial charge is 0.344 e. The molecular formula is C13H18NO4S+. The third-order valence-corrected chi connectivity index (χ3v) is 3.88. The van der Waals surface area contributed by atoms with Gasteiger partial charge >= 0.3 is 5.89 Å². The van der Waals surface area contributed by atoms with Crippen molar-refractivity contribution in [3.63, 3.8) is 0 Å². The Morgan fingerprint density at radius 1 is 1.26 bits per heavy atom. The van der Waals surface area contributed by atoms with Gasteiger partial charge in [-0.15, -0.1) is 0 Å². The molecule has 2 aromatic rings. The number of benzene rings is 1. The number of unbranched alkanes of at least 4 members (excludes halogenated alkanes) is 1. The van der Waals surface area contributed by atoms with Crippen molar-refractivity contribution in [1.29, 1.82) is 0 Å². The Hall–Kier alpha value is -1.40. The third-order valence-electron chi connectivity index (χ3n) is 3.08. The van der Waals surface area contributed by atoms with Crippen LogP contribution in [0, 0.1) is 13.8 Å². The van der Waals surface area contributed by atoms with E-state index in [9.17, 15) is 8.42 Å². The highest BCUT2D eigenvalue weighted by molar-refractivity contribution is 7.85. The number of nitrogens with zero attached hydrogens (tertiary/aromatic N) is 1. The van der Waals surface area contributed by atoms with Crippen molar-refractivity contribution < 1.29 is 22.0 Å². The van der Waals surface area contributed by atoms with E-state index >= 15 is 0 Å². The Bertz CT molecular complexity index is 688. The third kappa shape index (κ3) is 3.54. The normalized spacial score (nSPS) is 12.2. The lowest BCUT2D eigenvalue weighted by Crippen LogP contribution is -2.35. The number of fused-ring (bicyclic) bond motifs is 1. The largest absolute Gasteiger partial charge is 0.402 e. The van der Waals surface area contributed by atoms with Gasteiger partial charge in [-0.05, 0) is 25.0 Å². The average Bonchev–Trinajstić information content (AvgIpc) is 2.58. The Balaban J connectivity index is 2.10. The zero-order valence-electron chi connectivity index (χ0n) is 11.1. The minimum Gasteiger partial charge on any atom is -0.402 e. The van der Waals surface area contributed by atoms with Gasteiger partial charge in [0.2, 0.25) is 5.58 Å². The summed E-state index contributed by atoms with van der Waals surface area (Å²) in [6.07, 6.45) is 1.11. The molecule has 0 aliphatic rings. The van der Waals surface area contributed by atoms with E-state index in [1.807, 2.05) is 36.6 Å². The monoisotopic (exact) mass is 284 g/mol. The molecule has 0 saturated heterocycles. The van der Waals surface area contributed by atoms with E-state index in [-0.39, 0.29) is 5.75 Å². The first-order valence-electron chi connectivity index (χ1n) is 6.21. The topological polar surface area (TPSA) is 71.4 Å². The number of hydrogen-bond acceptors (Lipinski definition) is 3. The van der Waals surface area contributed by atoms with Crippen LogP contribution in [-0.4, -0.2) is 18.7 Å². The molecule has 2 rings (SSSR count). The molecule has 0 amide bonds. The molecule has 19 heavy (non-hydrogen) atoms. The summed E-state index contributed by atoms with van der Waals surface area (Å²) < 4.78 is 37.7. The fourth-order valence-corrected chi connectivity index (χ4v) is 2.71. The van der Waals surface area contributed by atoms with Crippen LogP contribution in [0.4, 0.5) is 0 Å². The lowest BCUT2D eigenvalue weighted by molar-refractivity contribution is -0.683. The standard InChI is InChI=1S/C13H17NO4S/c1-10-5-6-12-13(9-10)18-11(2)14(12)7-3-4-8-19(15,16)17/h5-6,9H,3-4,7-8H2,1-2H3/p+1. The first-order valence-corrected chi connectivity index (χ1v) is 7.82. The molecule has 0 atom stereocenters. The van der Waals surface area contributed by atoms with Crippen LogP contribution in [0.15, 0.2) is 22.6 Å². The summed E-state index contributed by atoms with van der Waals surface area (Å²) in [5, 5.41) is 0. The molecule has 1 aromatic heterocycles. The highest BCUT2D eigenvalue weighted by atomic mass is 32.2. The minimum atomic E-state index is -3.86. The van der Waals surface area contributed by atoms with Crippen LogP contribution < -0.4 is 4.57 Å². The predicted molar refractivity (Wildman–Crippen MR) is 71.5 cm³/mol. The van der Waals surface area contributed by atoms with Crippen LogP contribution in [0.25, 0.3) is 11.1 Å². The number of hydrogen-bond donors (Lipinski definition) is 1. The van der Waals surface area contributed by atoms with E-state index in [4.69, 9.17) is 8.97 Å². The second kappa shape index (κ2) is 5.30. The summed E-state index contributed by atoms with van der Waals surface area (Å²) in [5.41, 5.74) is 2.99. The summed E-state index contributed by atoms with van der Waals surface area (Å²) in [6.45, 7) is 4.57. The molecule has 0 radical (unpaired) electrons. The molecule has 104 valence electrons. The Labute approximate surface area is 112 Å². The summed E-state index contributed by atoms with van der Waals surface area (Å²) in [6, 6.07) is 6.01. The highest BCUT2D eigenvalue weighted by Crippen LogP contribution is 2.15. The molecule has 1 aromatic carbocycles. The fraction of sp³-hybridized carbons (Fsp3) is 0.462. The molecule has 0 bridgehead atoms. The molecule has 6 heteroatoms. The van der Waals surface area contributed by atoms with Crippen molar-refractivity contribution in [1.82, 2.24) is 0 Å². The van der Waals surface area contributed by atoms with Gasteiger partial charge < -0.3 is 4.42 Å². The summed E-state index contributed by atoms with van der Waals surface area (Å²) in [7, 11) is -3.86. The van der Waals surface area contributed by atoms with E-state index < -0.39 is 10.1 Å². The zero-order valence-corrected chi connectivity index (χ0v) is 11.9. The lowest BCUT2D eigenvalue weighted by Gasteiger charge is -1.96. The van der Waals surface area contributed by atoms with Gasteiger partial charge in [0.25, 0.3) is 15.6 Å². The van der Waals surface area contributed by atoms with Crippen LogP contribution >= 0.6 is 0 Å². The highest BCUT2D eigenvalue weighted by Gasteiger charge is 2.18. The summed E-state index contributed by atoms with van der Waals surface area (Å²) >= 11 is 0. The summed E-state index contributed by atoms with van der Waals surface area (Å²) in [5.74, 6) is 0.606. The molecule has 0 fully saturated rings. The van der Waals surface area contributed by atoms with E-state index in [0.29, 0.717) is 19.4 Å². The Kier molecular flexibility index (Phi) is 3.91. The Morgan fingerprint density at radius 2 is 2.00 bits per heavy atom. The van der Waals surface area contributed by atoms with Crippen LogP contribution in [-0.2, 0) is 16.7 Å². The van der Waals surface area contributed by atoms with E-state index in [0.717, 1.165) is 22.6 Å². The zero-order chi connectivity index (χ0) is 14.0. The number of rotatable bonds is 5. The maximum absolute atomic E-state index is 10.6. The number of aromatic nitrogens is 1. The van der Waals surface area contributed by atoms with Crippen molar-refractivity contribution in [3.8, 4) is 0 Å². The van der Waals surface area contributed by atoms with Gasteiger partial charge in [0.15, 0.2) is 6.54 Å². The molecule has 0 unspecified atom stereocenters. The second-order valence-electron chi connectivity index (χ2n) is 4.74. The predicted octanol–water partition coefficient (Wildman–Crippen LogP) is 2.01. The fourth-order valence-electron chi connectivity index (χ4n) is 2.14. The quantitative estimate of drug-likeness (QED) is 0.518. The van der Waals surface area contributed by atoms with Crippen LogP contribution in [0.2, 0.25) is 0 Å². The first kappa shape index (κ1) is 14.0. The van der Waals surface area contributed by atoms with Crippen molar-refractivity contribution in [2.75, 3.05) is 5.75 Å². The summed E-state index contributed by atoms with van der Waals surface area (Å²) in [4.78, 5) is 0. The molecule has 0 aliphatic heterocycles. The maximum Gasteiger partial charge on any atom is 0.344 e. The van der Waals surface area contributed by atoms with Gasteiger partial charge in [0, 0.05) is 12.5 Å². The van der Waals surface area contributed by atoms with Crippen molar-refractivity contribution in [2.24, 2.45) is 0 Å². The number of oxazole rings is 1. The van der Waals surface area contributed by atoms with Gasteiger partial charge in [-0.2, -0.15) is 13.0 Å². The molecule has 1 N–H and O–H groups in total. The lowest BCUT2D eigenvalue weighted by atomic mass is 10.2. The SMILES string of the molecule is Cc1ccc2c(c1)oc(C)[n+]2CCCCS(=O)(=O)O. The van der Waals surface area contributed by atoms with Crippen molar-refractivity contribution in [2.45, 2.75) is 33.2 Å². The van der Waals surface area contributed by atoms with E-state index in [1.165, 1.54) is 0 Å². The van der Waals surface area contributed by atoms with Gasteiger partial charge in [-0.1, -0.05) is 6.07 Å². The Morgan fingerprint density at radius 3 is 2.68 bits per heavy atom. The van der Waals surface area contributed by atoms with Gasteiger partial charge in [-0.25, -0.2) is 0 Å². The van der Waals surface area contributed by atoms with Crippen molar-refractivity contribution >= 4 is 21.2 Å². The molecule has 0 spiro atoms.